The first-order chi connectivity index (χ1) is 28.8. The van der Waals surface area contributed by atoms with E-state index in [0.717, 1.165) is 64.2 Å². The zero-order valence-electron chi connectivity index (χ0n) is 36.1. The molecule has 1 amide bonds. The lowest BCUT2D eigenvalue weighted by molar-refractivity contribution is -0.147. The standard InChI is InChI=1S/C49H76NO8P/c1-3-5-7-9-11-13-15-17-19-21-22-23-24-26-27-29-31-33-35-37-39-41-48(52)50-43-44-57-59(54,55)58-46-47(51)45-56-49(53)42-40-38-36-34-32-30-28-25-20-18-16-14-12-10-8-6-4-2/h5,7,11-14,17-20,22-23,26-28,30-31,33-34,36-37,39,47,51H,3-4,6,8-10,15-16,21,24-25,29,32,35,38,40-46H2,1-2H3,(H,50,52)(H,54,55)/b7-5-,13-11-,14-12-,19-17-,20-18-,23-22-,27-26-,30-28-,33-31-,36-34-,39-37-. The number of amides is 1. The average molecular weight is 838 g/mol. The first-order valence-electron chi connectivity index (χ1n) is 21.7. The monoisotopic (exact) mass is 838 g/mol. The Kier molecular flexibility index (Phi) is 40.9. The maximum atomic E-state index is 12.1. The number of phosphoric ester groups is 1. The molecule has 0 heterocycles. The van der Waals surface area contributed by atoms with E-state index >= 15 is 0 Å². The molecule has 0 rings (SSSR count). The van der Waals surface area contributed by atoms with Crippen molar-refractivity contribution in [2.45, 2.75) is 136 Å². The molecule has 2 unspecified atom stereocenters. The van der Waals surface area contributed by atoms with Gasteiger partial charge in [-0.3, -0.25) is 18.6 Å². The fourth-order valence-corrected chi connectivity index (χ4v) is 5.62. The van der Waals surface area contributed by atoms with Crippen molar-refractivity contribution in [2.75, 3.05) is 26.4 Å². The van der Waals surface area contributed by atoms with Crippen LogP contribution in [0.1, 0.15) is 129 Å². The van der Waals surface area contributed by atoms with E-state index in [-0.39, 0.29) is 38.5 Å². The van der Waals surface area contributed by atoms with Crippen molar-refractivity contribution in [2.24, 2.45) is 0 Å². The molecular formula is C49H76NO8P. The molecule has 0 aliphatic heterocycles. The maximum Gasteiger partial charge on any atom is 0.472 e. The van der Waals surface area contributed by atoms with Crippen LogP contribution in [0.15, 0.2) is 134 Å². The smallest absolute Gasteiger partial charge is 0.463 e. The van der Waals surface area contributed by atoms with Crippen LogP contribution < -0.4 is 5.32 Å². The maximum absolute atomic E-state index is 12.1. The Hall–Kier alpha value is -3.85. The third-order valence-corrected chi connectivity index (χ3v) is 9.08. The Morgan fingerprint density at radius 2 is 0.983 bits per heavy atom. The van der Waals surface area contributed by atoms with Crippen LogP contribution in [0.5, 0.6) is 0 Å². The highest BCUT2D eigenvalue weighted by Crippen LogP contribution is 2.42. The molecule has 330 valence electrons. The van der Waals surface area contributed by atoms with Gasteiger partial charge in [-0.05, 0) is 89.9 Å². The van der Waals surface area contributed by atoms with Crippen LogP contribution in [0.2, 0.25) is 0 Å². The van der Waals surface area contributed by atoms with Crippen molar-refractivity contribution in [3.05, 3.63) is 134 Å². The lowest BCUT2D eigenvalue weighted by Crippen LogP contribution is -2.26. The molecule has 0 saturated heterocycles. The van der Waals surface area contributed by atoms with Crippen molar-refractivity contribution < 1.29 is 37.9 Å². The van der Waals surface area contributed by atoms with E-state index in [2.05, 4.69) is 129 Å². The summed E-state index contributed by atoms with van der Waals surface area (Å²) in [5.41, 5.74) is 0. The molecule has 2 atom stereocenters. The van der Waals surface area contributed by atoms with Crippen molar-refractivity contribution in [1.29, 1.82) is 0 Å². The minimum Gasteiger partial charge on any atom is -0.463 e. The van der Waals surface area contributed by atoms with Gasteiger partial charge < -0.3 is 20.1 Å². The van der Waals surface area contributed by atoms with E-state index in [0.29, 0.717) is 12.8 Å². The predicted molar refractivity (Wildman–Crippen MR) is 247 cm³/mol. The molecule has 0 saturated carbocycles. The first-order valence-corrected chi connectivity index (χ1v) is 23.2. The molecular weight excluding hydrogens is 762 g/mol. The summed E-state index contributed by atoms with van der Waals surface area (Å²) >= 11 is 0. The summed E-state index contributed by atoms with van der Waals surface area (Å²) in [5.74, 6) is -0.722. The van der Waals surface area contributed by atoms with Crippen LogP contribution >= 0.6 is 7.82 Å². The zero-order chi connectivity index (χ0) is 43.2. The highest BCUT2D eigenvalue weighted by Gasteiger charge is 2.23. The van der Waals surface area contributed by atoms with Gasteiger partial charge in [0, 0.05) is 19.4 Å². The molecule has 0 bridgehead atoms. The van der Waals surface area contributed by atoms with Gasteiger partial charge in [-0.2, -0.15) is 0 Å². The fraction of sp³-hybridized carbons (Fsp3) is 0.510. The van der Waals surface area contributed by atoms with Gasteiger partial charge >= 0.3 is 13.8 Å². The lowest BCUT2D eigenvalue weighted by Gasteiger charge is -2.15. The average Bonchev–Trinajstić information content (AvgIpc) is 3.22. The second-order valence-corrected chi connectivity index (χ2v) is 15.0. The van der Waals surface area contributed by atoms with Crippen LogP contribution in [0.25, 0.3) is 0 Å². The quantitative estimate of drug-likeness (QED) is 0.0242. The summed E-state index contributed by atoms with van der Waals surface area (Å²) in [4.78, 5) is 33.8. The number of allylic oxidation sites excluding steroid dienone is 21. The number of unbranched alkanes of at least 4 members (excludes halogenated alkanes) is 4. The minimum absolute atomic E-state index is 0.00889. The second-order valence-electron chi connectivity index (χ2n) is 13.6. The number of esters is 1. The molecule has 0 spiro atoms. The number of aliphatic hydroxyl groups excluding tert-OH is 1. The van der Waals surface area contributed by atoms with Crippen LogP contribution in [-0.4, -0.2) is 54.3 Å². The number of carbonyl (C=O) groups is 2. The molecule has 10 heteroatoms. The SMILES string of the molecule is CC/C=C\C/C=C\C/C=C\C/C=C\C/C=C\C/C=C\C/C=C\CC(=O)NCCOP(=O)(O)OCC(O)COC(=O)CCC/C=C\C/C=C\C/C=C\C/C=C\CCCCC. The Morgan fingerprint density at radius 3 is 1.44 bits per heavy atom. The first kappa shape index (κ1) is 55.2. The largest absolute Gasteiger partial charge is 0.472 e. The summed E-state index contributed by atoms with van der Waals surface area (Å²) in [7, 11) is -4.47. The molecule has 0 fully saturated rings. The highest BCUT2D eigenvalue weighted by molar-refractivity contribution is 7.47. The van der Waals surface area contributed by atoms with E-state index in [4.69, 9.17) is 13.8 Å². The Morgan fingerprint density at radius 1 is 0.559 bits per heavy atom. The van der Waals surface area contributed by atoms with Gasteiger partial charge in [0.05, 0.1) is 13.2 Å². The molecule has 3 N–H and O–H groups in total. The van der Waals surface area contributed by atoms with E-state index < -0.39 is 26.5 Å². The number of carbonyl (C=O) groups excluding carboxylic acids is 2. The normalized spacial score (nSPS) is 14.6. The van der Waals surface area contributed by atoms with Gasteiger partial charge in [0.1, 0.15) is 12.7 Å². The van der Waals surface area contributed by atoms with Crippen molar-refractivity contribution in [3.63, 3.8) is 0 Å². The summed E-state index contributed by atoms with van der Waals surface area (Å²) < 4.78 is 26.8. The van der Waals surface area contributed by atoms with E-state index in [1.54, 1.807) is 6.08 Å². The second kappa shape index (κ2) is 43.7. The van der Waals surface area contributed by atoms with E-state index in [1.807, 2.05) is 18.2 Å². The van der Waals surface area contributed by atoms with Gasteiger partial charge in [-0.1, -0.05) is 160 Å². The van der Waals surface area contributed by atoms with Gasteiger partial charge in [-0.25, -0.2) is 4.57 Å². The Bertz CT molecular complexity index is 1420. The van der Waals surface area contributed by atoms with Crippen molar-refractivity contribution in [1.82, 2.24) is 5.32 Å². The number of nitrogens with one attached hydrogen (secondary N) is 1. The highest BCUT2D eigenvalue weighted by atomic mass is 31.2. The molecule has 59 heavy (non-hydrogen) atoms. The van der Waals surface area contributed by atoms with Crippen molar-refractivity contribution >= 4 is 19.7 Å². The molecule has 0 aliphatic carbocycles. The predicted octanol–water partition coefficient (Wildman–Crippen LogP) is 12.3. The summed E-state index contributed by atoms with van der Waals surface area (Å²) in [6, 6.07) is 0. The number of aliphatic hydroxyl groups is 1. The van der Waals surface area contributed by atoms with Gasteiger partial charge in [-0.15, -0.1) is 0 Å². The number of hydrogen-bond donors (Lipinski definition) is 3. The molecule has 0 aliphatic rings. The lowest BCUT2D eigenvalue weighted by atomic mass is 10.2. The Balaban J connectivity index is 3.84. The minimum atomic E-state index is -4.47. The van der Waals surface area contributed by atoms with Gasteiger partial charge in [0.25, 0.3) is 0 Å². The molecule has 0 radical (unpaired) electrons. The zero-order valence-corrected chi connectivity index (χ0v) is 37.0. The number of phosphoric acid groups is 1. The third-order valence-electron chi connectivity index (χ3n) is 8.09. The number of hydrogen-bond acceptors (Lipinski definition) is 7. The van der Waals surface area contributed by atoms with E-state index in [9.17, 15) is 24.2 Å². The van der Waals surface area contributed by atoms with Crippen LogP contribution in [0, 0.1) is 0 Å². The topological polar surface area (TPSA) is 131 Å². The van der Waals surface area contributed by atoms with Crippen molar-refractivity contribution in [3.8, 4) is 0 Å². The van der Waals surface area contributed by atoms with Crippen LogP contribution in [0.3, 0.4) is 0 Å². The number of rotatable bonds is 38. The Labute approximate surface area is 357 Å². The van der Waals surface area contributed by atoms with Gasteiger partial charge in [0.2, 0.25) is 5.91 Å². The molecule has 0 aromatic carbocycles. The summed E-state index contributed by atoms with van der Waals surface area (Å²) in [5, 5.41) is 12.6. The van der Waals surface area contributed by atoms with Crippen LogP contribution in [0.4, 0.5) is 0 Å². The van der Waals surface area contributed by atoms with Crippen LogP contribution in [-0.2, 0) is 27.9 Å². The fourth-order valence-electron chi connectivity index (χ4n) is 4.86. The number of ether oxygens (including phenoxy) is 1. The summed E-state index contributed by atoms with van der Waals surface area (Å²) in [6.07, 6.45) is 61.3. The molecule has 0 aromatic rings. The third kappa shape index (κ3) is 45.1. The van der Waals surface area contributed by atoms with Gasteiger partial charge in [0.15, 0.2) is 0 Å². The summed E-state index contributed by atoms with van der Waals surface area (Å²) in [6.45, 7) is 3.18. The molecule has 9 nitrogen and oxygen atoms in total. The molecule has 0 aromatic heterocycles. The van der Waals surface area contributed by atoms with E-state index in [1.165, 1.54) is 25.7 Å².